The van der Waals surface area contributed by atoms with Gasteiger partial charge in [-0.3, -0.25) is 4.79 Å². The first-order chi connectivity index (χ1) is 9.81. The number of benzene rings is 1. The van der Waals surface area contributed by atoms with Crippen molar-refractivity contribution in [1.29, 1.82) is 0 Å². The molecule has 0 bridgehead atoms. The van der Waals surface area contributed by atoms with E-state index in [2.05, 4.69) is 0 Å². The van der Waals surface area contributed by atoms with Crippen LogP contribution >= 0.6 is 0 Å². The number of nitrogens with two attached hydrogens (primary N) is 1. The summed E-state index contributed by atoms with van der Waals surface area (Å²) >= 11 is 0. The number of rotatable bonds is 4. The average Bonchev–Trinajstić information content (AvgIpc) is 2.85. The zero-order chi connectivity index (χ0) is 15.6. The van der Waals surface area contributed by atoms with Gasteiger partial charge in [-0.05, 0) is 37.6 Å². The average molecular weight is 312 g/mol. The molecule has 1 fully saturated rings. The molecule has 2 N–H and O–H groups in total. The molecule has 7 heteroatoms. The molecule has 2 rings (SSSR count). The second-order valence-corrected chi connectivity index (χ2v) is 7.47. The lowest BCUT2D eigenvalue weighted by atomic mass is 10.2. The van der Waals surface area contributed by atoms with E-state index in [0.717, 1.165) is 0 Å². The van der Waals surface area contributed by atoms with Crippen molar-refractivity contribution in [3.8, 4) is 0 Å². The third kappa shape index (κ3) is 3.54. The zero-order valence-corrected chi connectivity index (χ0v) is 13.0. The molecule has 1 aromatic carbocycles. The highest BCUT2D eigenvalue weighted by molar-refractivity contribution is 7.92. The van der Waals surface area contributed by atoms with Crippen molar-refractivity contribution in [1.82, 2.24) is 0 Å². The van der Waals surface area contributed by atoms with Crippen LogP contribution in [0.1, 0.15) is 13.3 Å². The molecule has 6 nitrogen and oxygen atoms in total. The van der Waals surface area contributed by atoms with Gasteiger partial charge < -0.3 is 15.4 Å². The third-order valence-electron chi connectivity index (χ3n) is 3.75. The van der Waals surface area contributed by atoms with Crippen LogP contribution in [0, 0.1) is 0 Å². The van der Waals surface area contributed by atoms with Crippen LogP contribution in [0.2, 0.25) is 0 Å². The van der Waals surface area contributed by atoms with Gasteiger partial charge in [-0.15, -0.1) is 0 Å². The largest absolute Gasteiger partial charge is 0.399 e. The van der Waals surface area contributed by atoms with Gasteiger partial charge in [0.05, 0.1) is 11.4 Å². The Morgan fingerprint density at radius 1 is 1.38 bits per heavy atom. The maximum absolute atomic E-state index is 12.3. The Labute approximate surface area is 124 Å². The molecule has 1 saturated heterocycles. The minimum absolute atomic E-state index is 0.357. The van der Waals surface area contributed by atoms with Gasteiger partial charge in [0.1, 0.15) is 5.75 Å². The summed E-state index contributed by atoms with van der Waals surface area (Å²) in [7, 11) is -1.96. The Bertz CT molecular complexity index is 612. The van der Waals surface area contributed by atoms with Gasteiger partial charge in [0.25, 0.3) is 0 Å². The number of nitrogens with zero attached hydrogens (tertiary/aromatic N) is 1. The van der Waals surface area contributed by atoms with Crippen molar-refractivity contribution in [2.45, 2.75) is 24.7 Å². The summed E-state index contributed by atoms with van der Waals surface area (Å²) in [6.45, 7) is 2.15. The van der Waals surface area contributed by atoms with Crippen LogP contribution < -0.4 is 10.6 Å². The number of anilines is 2. The molecular formula is C14H20N2O4S. The Morgan fingerprint density at radius 3 is 2.52 bits per heavy atom. The normalized spacial score (nSPS) is 22.2. The van der Waals surface area contributed by atoms with Crippen LogP contribution in [0.3, 0.4) is 0 Å². The summed E-state index contributed by atoms with van der Waals surface area (Å²) in [5.41, 5.74) is 6.79. The highest BCUT2D eigenvalue weighted by atomic mass is 32.2. The molecule has 0 aliphatic carbocycles. The van der Waals surface area contributed by atoms with Gasteiger partial charge in [0.15, 0.2) is 9.84 Å². The number of carbonyl (C=O) groups is 1. The molecular weight excluding hydrogens is 292 g/mol. The maximum atomic E-state index is 12.3. The van der Waals surface area contributed by atoms with E-state index in [1.165, 1.54) is 4.90 Å². The summed E-state index contributed by atoms with van der Waals surface area (Å²) in [6.07, 6.45) is 0.0900. The van der Waals surface area contributed by atoms with Crippen molar-refractivity contribution in [3.63, 3.8) is 0 Å². The standard InChI is InChI=1S/C14H20N2O4S/c1-10-13(7-8-20-10)21(18,19)9-14(17)16(2)12-5-3-11(15)4-6-12/h3-6,10,13H,7-9,15H2,1-2H3. The van der Waals surface area contributed by atoms with E-state index in [-0.39, 0.29) is 6.10 Å². The predicted octanol–water partition coefficient (Wildman–Crippen LogP) is 0.824. The molecule has 1 aliphatic heterocycles. The number of hydrogen-bond acceptors (Lipinski definition) is 5. The first kappa shape index (κ1) is 15.8. The van der Waals surface area contributed by atoms with Gasteiger partial charge in [-0.1, -0.05) is 0 Å². The number of carbonyl (C=O) groups excluding carboxylic acids is 1. The summed E-state index contributed by atoms with van der Waals surface area (Å²) in [5, 5.41) is -0.596. The molecule has 0 aromatic heterocycles. The summed E-state index contributed by atoms with van der Waals surface area (Å²) < 4.78 is 29.9. The van der Waals surface area contributed by atoms with Crippen LogP contribution in [-0.4, -0.2) is 45.1 Å². The lowest BCUT2D eigenvalue weighted by molar-refractivity contribution is -0.115. The molecule has 1 amide bonds. The maximum Gasteiger partial charge on any atom is 0.241 e. The minimum atomic E-state index is -3.51. The molecule has 116 valence electrons. The van der Waals surface area contributed by atoms with Gasteiger partial charge in [0.2, 0.25) is 5.91 Å². The van der Waals surface area contributed by atoms with E-state index in [1.807, 2.05) is 0 Å². The fourth-order valence-electron chi connectivity index (χ4n) is 2.40. The first-order valence-electron chi connectivity index (χ1n) is 6.76. The zero-order valence-electron chi connectivity index (χ0n) is 12.2. The molecule has 0 saturated carbocycles. The molecule has 21 heavy (non-hydrogen) atoms. The highest BCUT2D eigenvalue weighted by Gasteiger charge is 2.37. The van der Waals surface area contributed by atoms with E-state index in [9.17, 15) is 13.2 Å². The fraction of sp³-hybridized carbons (Fsp3) is 0.500. The smallest absolute Gasteiger partial charge is 0.241 e. The molecule has 0 spiro atoms. The lowest BCUT2D eigenvalue weighted by Crippen LogP contribution is -2.38. The number of hydrogen-bond donors (Lipinski definition) is 1. The Hall–Kier alpha value is -1.60. The van der Waals surface area contributed by atoms with Crippen LogP contribution in [0.5, 0.6) is 0 Å². The number of amides is 1. The van der Waals surface area contributed by atoms with Crippen molar-refractivity contribution in [2.75, 3.05) is 30.0 Å². The Morgan fingerprint density at radius 2 is 2.00 bits per heavy atom. The van der Waals surface area contributed by atoms with E-state index >= 15 is 0 Å². The quantitative estimate of drug-likeness (QED) is 0.832. The molecule has 1 aliphatic rings. The van der Waals surface area contributed by atoms with Gasteiger partial charge in [0, 0.05) is 25.0 Å². The molecule has 1 heterocycles. The van der Waals surface area contributed by atoms with Gasteiger partial charge >= 0.3 is 0 Å². The second kappa shape index (κ2) is 6.03. The van der Waals surface area contributed by atoms with Crippen LogP contribution in [0.25, 0.3) is 0 Å². The van der Waals surface area contributed by atoms with E-state index < -0.39 is 26.7 Å². The first-order valence-corrected chi connectivity index (χ1v) is 8.48. The van der Waals surface area contributed by atoms with Crippen LogP contribution in [-0.2, 0) is 19.4 Å². The molecule has 0 radical (unpaired) electrons. The number of nitrogen functional groups attached to an aromatic ring is 1. The van der Waals surface area contributed by atoms with Gasteiger partial charge in [-0.25, -0.2) is 8.42 Å². The third-order valence-corrected chi connectivity index (χ3v) is 5.94. The summed E-state index contributed by atoms with van der Waals surface area (Å²) in [5.74, 6) is -0.967. The fourth-order valence-corrected chi connectivity index (χ4v) is 4.27. The highest BCUT2D eigenvalue weighted by Crippen LogP contribution is 2.22. The van der Waals surface area contributed by atoms with E-state index in [0.29, 0.717) is 24.4 Å². The SMILES string of the molecule is CC1OCCC1S(=O)(=O)CC(=O)N(C)c1ccc(N)cc1. The monoisotopic (exact) mass is 312 g/mol. The topological polar surface area (TPSA) is 89.7 Å². The number of ether oxygens (including phenoxy) is 1. The van der Waals surface area contributed by atoms with Crippen molar-refractivity contribution in [2.24, 2.45) is 0 Å². The van der Waals surface area contributed by atoms with Crippen molar-refractivity contribution < 1.29 is 17.9 Å². The second-order valence-electron chi connectivity index (χ2n) is 5.25. The molecule has 2 atom stereocenters. The predicted molar refractivity (Wildman–Crippen MR) is 81.9 cm³/mol. The molecule has 1 aromatic rings. The van der Waals surface area contributed by atoms with Crippen LogP contribution in [0.15, 0.2) is 24.3 Å². The van der Waals surface area contributed by atoms with E-state index in [4.69, 9.17) is 10.5 Å². The van der Waals surface area contributed by atoms with Crippen LogP contribution in [0.4, 0.5) is 11.4 Å². The minimum Gasteiger partial charge on any atom is -0.399 e. The Kier molecular flexibility index (Phi) is 4.53. The molecule has 2 unspecified atom stereocenters. The van der Waals surface area contributed by atoms with Gasteiger partial charge in [-0.2, -0.15) is 0 Å². The lowest BCUT2D eigenvalue weighted by Gasteiger charge is -2.20. The summed E-state index contributed by atoms with van der Waals surface area (Å²) in [4.78, 5) is 13.5. The Balaban J connectivity index is 2.08. The number of sulfone groups is 1. The van der Waals surface area contributed by atoms with E-state index in [1.54, 1.807) is 38.2 Å². The van der Waals surface area contributed by atoms with Crippen molar-refractivity contribution in [3.05, 3.63) is 24.3 Å². The summed E-state index contributed by atoms with van der Waals surface area (Å²) in [6, 6.07) is 6.70. The van der Waals surface area contributed by atoms with Crippen molar-refractivity contribution >= 4 is 27.1 Å².